The Morgan fingerprint density at radius 1 is 0.869 bits per heavy atom. The molecule has 0 N–H and O–H groups in total. The number of hydrogen-bond acceptors (Lipinski definition) is 10. The van der Waals surface area contributed by atoms with Crippen molar-refractivity contribution in [3.8, 4) is 28.8 Å². The Kier molecular flexibility index (Phi) is 14.0. The van der Waals surface area contributed by atoms with E-state index in [2.05, 4.69) is 55.6 Å². The fourth-order valence-corrected chi connectivity index (χ4v) is 9.88. The fourth-order valence-electron chi connectivity index (χ4n) is 8.12. The van der Waals surface area contributed by atoms with E-state index < -0.39 is 38.3 Å². The van der Waals surface area contributed by atoms with Crippen molar-refractivity contribution in [2.75, 3.05) is 27.4 Å². The fraction of sp³-hybridized carbons (Fsp3) is 0.354. The zero-order valence-electron chi connectivity index (χ0n) is 35.8. The third-order valence-electron chi connectivity index (χ3n) is 11.0. The van der Waals surface area contributed by atoms with E-state index in [9.17, 15) is 10.1 Å². The molecule has 4 aromatic carbocycles. The smallest absolute Gasteiger partial charge is 0.351 e. The van der Waals surface area contributed by atoms with Crippen LogP contribution in [0.2, 0.25) is 0 Å². The molecule has 1 aliphatic rings. The third-order valence-corrected chi connectivity index (χ3v) is 13.2. The first kappa shape index (κ1) is 43.7. The van der Waals surface area contributed by atoms with Crippen molar-refractivity contribution in [2.24, 2.45) is 7.05 Å². The normalized spacial score (nSPS) is 17.3. The summed E-state index contributed by atoms with van der Waals surface area (Å²) in [6, 6.07) is 40.2. The first-order valence-electron chi connectivity index (χ1n) is 20.6. The summed E-state index contributed by atoms with van der Waals surface area (Å²) in [5.41, 5.74) is 3.61. The molecule has 12 nitrogen and oxygen atoms in total. The van der Waals surface area contributed by atoms with Crippen molar-refractivity contribution in [3.05, 3.63) is 149 Å². The van der Waals surface area contributed by atoms with Crippen molar-refractivity contribution in [1.29, 1.82) is 5.26 Å². The van der Waals surface area contributed by atoms with Crippen molar-refractivity contribution in [3.63, 3.8) is 0 Å². The Morgan fingerprint density at radius 2 is 1.44 bits per heavy atom. The number of fused-ring (bicyclic) bond motifs is 1. The molecule has 0 bridgehead atoms. The molecule has 0 amide bonds. The zero-order chi connectivity index (χ0) is 43.1. The van der Waals surface area contributed by atoms with Crippen LogP contribution < -0.4 is 15.2 Å². The van der Waals surface area contributed by atoms with Crippen molar-refractivity contribution >= 4 is 19.6 Å². The highest BCUT2D eigenvalue weighted by molar-refractivity contribution is 7.44. The van der Waals surface area contributed by atoms with Crippen LogP contribution in [0.4, 0.5) is 0 Å². The third kappa shape index (κ3) is 9.29. The van der Waals surface area contributed by atoms with Gasteiger partial charge in [-0.15, -0.1) is 0 Å². The predicted octanol–water partition coefficient (Wildman–Crippen LogP) is 9.38. The summed E-state index contributed by atoms with van der Waals surface area (Å²) in [4.78, 5) is 18.6. The molecule has 6 aromatic rings. The van der Waals surface area contributed by atoms with Gasteiger partial charge in [-0.1, -0.05) is 84.9 Å². The van der Waals surface area contributed by atoms with Gasteiger partial charge in [-0.25, -0.2) is 9.46 Å². The lowest BCUT2D eigenvalue weighted by Gasteiger charge is -2.39. The number of hydrogen-bond donors (Lipinski definition) is 0. The highest BCUT2D eigenvalue weighted by Gasteiger charge is 2.45. The van der Waals surface area contributed by atoms with E-state index in [0.29, 0.717) is 23.6 Å². The number of ether oxygens (including phenoxy) is 4. The molecule has 318 valence electrons. The number of aryl methyl sites for hydroxylation is 1. The van der Waals surface area contributed by atoms with E-state index in [1.807, 2.05) is 121 Å². The molecule has 3 heterocycles. The minimum Gasteiger partial charge on any atom is -0.497 e. The van der Waals surface area contributed by atoms with Crippen molar-refractivity contribution in [2.45, 2.75) is 76.7 Å². The summed E-state index contributed by atoms with van der Waals surface area (Å²) in [6.07, 6.45) is 0.359. The van der Waals surface area contributed by atoms with Crippen LogP contribution in [0.1, 0.15) is 63.5 Å². The molecule has 7 rings (SSSR count). The lowest BCUT2D eigenvalue weighted by atomic mass is 9.80. The highest BCUT2D eigenvalue weighted by atomic mass is 31.2. The monoisotopic (exact) mass is 843 g/mol. The molecule has 1 fully saturated rings. The number of rotatable bonds is 18. The number of nitriles is 1. The number of nitrogens with zero attached hydrogens (tertiary/aromatic N) is 5. The van der Waals surface area contributed by atoms with Gasteiger partial charge < -0.3 is 32.6 Å². The van der Waals surface area contributed by atoms with E-state index >= 15 is 0 Å². The van der Waals surface area contributed by atoms with Gasteiger partial charge in [-0.2, -0.15) is 10.2 Å². The van der Waals surface area contributed by atoms with Gasteiger partial charge in [0.05, 0.1) is 51.7 Å². The topological polar surface area (TPSA) is 122 Å². The second-order valence-corrected chi connectivity index (χ2v) is 16.9. The van der Waals surface area contributed by atoms with Gasteiger partial charge in [0.25, 0.3) is 8.53 Å². The van der Waals surface area contributed by atoms with E-state index in [1.165, 1.54) is 0 Å². The van der Waals surface area contributed by atoms with Gasteiger partial charge in [0.2, 0.25) is 0 Å². The number of aromatic nitrogens is 3. The van der Waals surface area contributed by atoms with Crippen molar-refractivity contribution in [1.82, 2.24) is 18.8 Å². The summed E-state index contributed by atoms with van der Waals surface area (Å²) in [5, 5.41) is 10.2. The highest BCUT2D eigenvalue weighted by Crippen LogP contribution is 2.51. The van der Waals surface area contributed by atoms with E-state index in [-0.39, 0.29) is 31.7 Å². The quantitative estimate of drug-likeness (QED) is 0.0470. The van der Waals surface area contributed by atoms with Gasteiger partial charge in [-0.3, -0.25) is 4.57 Å². The average Bonchev–Trinajstić information content (AvgIpc) is 3.83. The van der Waals surface area contributed by atoms with E-state index in [1.54, 1.807) is 18.8 Å². The van der Waals surface area contributed by atoms with Gasteiger partial charge in [-0.05, 0) is 80.3 Å². The van der Waals surface area contributed by atoms with Crippen LogP contribution in [-0.4, -0.2) is 70.5 Å². The summed E-state index contributed by atoms with van der Waals surface area (Å²) in [7, 11) is 3.53. The molecular weight excluding hydrogens is 790 g/mol. The molecule has 4 atom stereocenters. The van der Waals surface area contributed by atoms with Crippen LogP contribution in [0.3, 0.4) is 0 Å². The summed E-state index contributed by atoms with van der Waals surface area (Å²) in [5.74, 6) is 1.43. The molecule has 2 aromatic heterocycles. The minimum atomic E-state index is -1.67. The maximum absolute atomic E-state index is 14.0. The SMILES string of the molecule is COc1ccc(C(OC[C@H]2O[C@@H](n3cc4cc(-c5ccccc5)n(C)c4nc3=O)C[C@@H]2OP(OCCC#N)N(C(C)C)C(C)C)(c2ccccc2)c2ccc(OC)cc2)cc1. The van der Waals surface area contributed by atoms with Crippen LogP contribution in [0.25, 0.3) is 22.3 Å². The van der Waals surface area contributed by atoms with Gasteiger partial charge in [0.1, 0.15) is 35.1 Å². The molecule has 1 aliphatic heterocycles. The van der Waals surface area contributed by atoms with Gasteiger partial charge in [0, 0.05) is 37.1 Å². The maximum Gasteiger partial charge on any atom is 0.351 e. The molecule has 0 spiro atoms. The Bertz CT molecular complexity index is 2400. The maximum atomic E-state index is 14.0. The Balaban J connectivity index is 1.31. The molecule has 0 saturated carbocycles. The number of methoxy groups -OCH3 is 2. The van der Waals surface area contributed by atoms with Gasteiger partial charge >= 0.3 is 5.69 Å². The predicted molar refractivity (Wildman–Crippen MR) is 237 cm³/mol. The average molecular weight is 844 g/mol. The van der Waals surface area contributed by atoms with Crippen LogP contribution >= 0.6 is 8.53 Å². The summed E-state index contributed by atoms with van der Waals surface area (Å²) < 4.78 is 44.5. The second-order valence-electron chi connectivity index (χ2n) is 15.5. The minimum absolute atomic E-state index is 0.0623. The lowest BCUT2D eigenvalue weighted by molar-refractivity contribution is -0.0924. The van der Waals surface area contributed by atoms with Crippen LogP contribution in [-0.2, 0) is 31.2 Å². The van der Waals surface area contributed by atoms with E-state index in [0.717, 1.165) is 33.3 Å². The molecule has 1 saturated heterocycles. The number of benzene rings is 4. The van der Waals surface area contributed by atoms with E-state index in [4.69, 9.17) is 28.0 Å². The standard InChI is InChI=1S/C48H54N5O7P/c1-33(2)53(34(3)4)61(58-28-14-27-49)60-43-30-45(52-31-36-29-42(35-15-10-8-11-16-35)51(5)46(36)50-47(52)54)59-44(43)32-57-48(37-17-12-9-13-18-37,38-19-23-40(55-6)24-20-38)39-21-25-41(56-7)26-22-39/h8-13,15-26,29,31,33-34,43-45H,14,28,30,32H2,1-7H3/t43-,44+,45+,61?/m0/s1. The Morgan fingerprint density at radius 3 is 2.00 bits per heavy atom. The lowest BCUT2D eigenvalue weighted by Crippen LogP contribution is -2.39. The molecule has 13 heteroatoms. The Hall–Kier alpha value is -5.38. The largest absolute Gasteiger partial charge is 0.497 e. The Labute approximate surface area is 359 Å². The second kappa shape index (κ2) is 19.6. The summed E-state index contributed by atoms with van der Waals surface area (Å²) in [6.45, 7) is 8.67. The first-order chi connectivity index (χ1) is 29.6. The molecule has 0 aliphatic carbocycles. The molecule has 61 heavy (non-hydrogen) atoms. The summed E-state index contributed by atoms with van der Waals surface area (Å²) >= 11 is 0. The van der Waals surface area contributed by atoms with Gasteiger partial charge in [0.15, 0.2) is 0 Å². The molecular formula is C48H54N5O7P. The van der Waals surface area contributed by atoms with Crippen LogP contribution in [0.5, 0.6) is 11.5 Å². The van der Waals surface area contributed by atoms with Crippen LogP contribution in [0.15, 0.2) is 126 Å². The van der Waals surface area contributed by atoms with Crippen molar-refractivity contribution < 1.29 is 28.0 Å². The van der Waals surface area contributed by atoms with Crippen LogP contribution in [0, 0.1) is 11.3 Å². The molecule has 1 unspecified atom stereocenters. The zero-order valence-corrected chi connectivity index (χ0v) is 36.7. The molecule has 0 radical (unpaired) electrons. The first-order valence-corrected chi connectivity index (χ1v) is 21.7.